The summed E-state index contributed by atoms with van der Waals surface area (Å²) in [5.41, 5.74) is 1.55. The second kappa shape index (κ2) is 5.85. The average molecular weight is 278 g/mol. The summed E-state index contributed by atoms with van der Waals surface area (Å²) in [6, 6.07) is 7.92. The second-order valence-corrected chi connectivity index (χ2v) is 5.65. The molecule has 0 unspecified atom stereocenters. The molecule has 0 aliphatic heterocycles. The SMILES string of the molecule is Cc1ccnc(NCCc2ccc(Cl)s2)c1C#N. The number of nitriles is 1. The van der Waals surface area contributed by atoms with Crippen molar-refractivity contribution in [2.24, 2.45) is 0 Å². The highest BCUT2D eigenvalue weighted by molar-refractivity contribution is 7.16. The summed E-state index contributed by atoms with van der Waals surface area (Å²) >= 11 is 7.44. The molecule has 18 heavy (non-hydrogen) atoms. The van der Waals surface area contributed by atoms with Gasteiger partial charge in [0.1, 0.15) is 11.9 Å². The topological polar surface area (TPSA) is 48.7 Å². The molecule has 0 aliphatic rings. The van der Waals surface area contributed by atoms with Crippen molar-refractivity contribution >= 4 is 28.8 Å². The summed E-state index contributed by atoms with van der Waals surface area (Å²) in [5, 5.41) is 12.3. The lowest BCUT2D eigenvalue weighted by Crippen LogP contribution is -2.07. The van der Waals surface area contributed by atoms with E-state index in [4.69, 9.17) is 16.9 Å². The van der Waals surface area contributed by atoms with Gasteiger partial charge in [-0.25, -0.2) is 4.98 Å². The lowest BCUT2D eigenvalue weighted by atomic mass is 10.1. The van der Waals surface area contributed by atoms with Crippen LogP contribution in [0.4, 0.5) is 5.82 Å². The number of nitrogens with one attached hydrogen (secondary N) is 1. The van der Waals surface area contributed by atoms with Gasteiger partial charge in [-0.15, -0.1) is 11.3 Å². The van der Waals surface area contributed by atoms with Gasteiger partial charge >= 0.3 is 0 Å². The van der Waals surface area contributed by atoms with Gasteiger partial charge in [0.2, 0.25) is 0 Å². The zero-order valence-corrected chi connectivity index (χ0v) is 11.5. The molecule has 0 atom stereocenters. The fourth-order valence-corrected chi connectivity index (χ4v) is 2.71. The van der Waals surface area contributed by atoms with Crippen LogP contribution in [0.1, 0.15) is 16.0 Å². The number of halogens is 1. The Hall–Kier alpha value is -1.57. The molecule has 0 aromatic carbocycles. The van der Waals surface area contributed by atoms with E-state index in [2.05, 4.69) is 16.4 Å². The lowest BCUT2D eigenvalue weighted by Gasteiger charge is -2.07. The molecule has 92 valence electrons. The van der Waals surface area contributed by atoms with Crippen LogP contribution in [0.3, 0.4) is 0 Å². The molecule has 2 aromatic heterocycles. The van der Waals surface area contributed by atoms with Gasteiger partial charge in [0.25, 0.3) is 0 Å². The summed E-state index contributed by atoms with van der Waals surface area (Å²) in [7, 11) is 0. The fraction of sp³-hybridized carbons (Fsp3) is 0.231. The van der Waals surface area contributed by atoms with Crippen molar-refractivity contribution < 1.29 is 0 Å². The Kier molecular flexibility index (Phi) is 4.19. The minimum Gasteiger partial charge on any atom is -0.369 e. The van der Waals surface area contributed by atoms with Gasteiger partial charge in [0, 0.05) is 17.6 Å². The fourth-order valence-electron chi connectivity index (χ4n) is 1.62. The van der Waals surface area contributed by atoms with E-state index >= 15 is 0 Å². The molecular formula is C13H12ClN3S. The van der Waals surface area contributed by atoms with E-state index in [0.717, 1.165) is 22.9 Å². The van der Waals surface area contributed by atoms with Crippen LogP contribution in [0, 0.1) is 18.3 Å². The molecule has 0 aliphatic carbocycles. The predicted molar refractivity (Wildman–Crippen MR) is 75.2 cm³/mol. The first-order valence-electron chi connectivity index (χ1n) is 5.54. The first kappa shape index (κ1) is 12.9. The van der Waals surface area contributed by atoms with E-state index < -0.39 is 0 Å². The number of aryl methyl sites for hydroxylation is 1. The standard InChI is InChI=1S/C13H12ClN3S/c1-9-4-6-16-13(11(9)8-15)17-7-5-10-2-3-12(14)18-10/h2-4,6H,5,7H2,1H3,(H,16,17). The molecule has 0 radical (unpaired) electrons. The normalized spacial score (nSPS) is 10.1. The molecule has 0 saturated heterocycles. The van der Waals surface area contributed by atoms with Crippen molar-refractivity contribution in [1.82, 2.24) is 4.98 Å². The van der Waals surface area contributed by atoms with Crippen molar-refractivity contribution in [3.05, 3.63) is 44.7 Å². The largest absolute Gasteiger partial charge is 0.369 e. The molecule has 0 spiro atoms. The van der Waals surface area contributed by atoms with E-state index in [1.807, 2.05) is 25.1 Å². The van der Waals surface area contributed by atoms with Crippen molar-refractivity contribution in [2.45, 2.75) is 13.3 Å². The smallest absolute Gasteiger partial charge is 0.144 e. The molecule has 1 N–H and O–H groups in total. The minimum absolute atomic E-state index is 0.613. The van der Waals surface area contributed by atoms with Crippen LogP contribution in [0.2, 0.25) is 4.34 Å². The summed E-state index contributed by atoms with van der Waals surface area (Å²) < 4.78 is 0.802. The Morgan fingerprint density at radius 3 is 2.94 bits per heavy atom. The molecule has 2 rings (SSSR count). The second-order valence-electron chi connectivity index (χ2n) is 3.85. The zero-order chi connectivity index (χ0) is 13.0. The van der Waals surface area contributed by atoms with Crippen molar-refractivity contribution in [2.75, 3.05) is 11.9 Å². The Balaban J connectivity index is 1.99. The van der Waals surface area contributed by atoms with E-state index in [1.165, 1.54) is 4.88 Å². The Bertz CT molecular complexity index is 586. The lowest BCUT2D eigenvalue weighted by molar-refractivity contribution is 1.02. The Labute approximate surface area is 115 Å². The third kappa shape index (κ3) is 3.00. The molecule has 3 nitrogen and oxygen atoms in total. The Morgan fingerprint density at radius 1 is 1.44 bits per heavy atom. The number of rotatable bonds is 4. The van der Waals surface area contributed by atoms with Gasteiger partial charge in [-0.2, -0.15) is 5.26 Å². The number of hydrogen-bond acceptors (Lipinski definition) is 4. The zero-order valence-electron chi connectivity index (χ0n) is 9.90. The predicted octanol–water partition coefficient (Wildman–Crippen LogP) is 3.63. The van der Waals surface area contributed by atoms with Crippen LogP contribution in [-0.2, 0) is 6.42 Å². The van der Waals surface area contributed by atoms with Crippen LogP contribution < -0.4 is 5.32 Å². The average Bonchev–Trinajstić information content (AvgIpc) is 2.75. The third-order valence-electron chi connectivity index (χ3n) is 2.56. The minimum atomic E-state index is 0.613. The quantitative estimate of drug-likeness (QED) is 0.928. The van der Waals surface area contributed by atoms with E-state index in [-0.39, 0.29) is 0 Å². The number of anilines is 1. The van der Waals surface area contributed by atoms with Crippen LogP contribution in [0.25, 0.3) is 0 Å². The monoisotopic (exact) mass is 277 g/mol. The Morgan fingerprint density at radius 2 is 2.28 bits per heavy atom. The van der Waals surface area contributed by atoms with Gasteiger partial charge in [0.05, 0.1) is 9.90 Å². The van der Waals surface area contributed by atoms with Crippen molar-refractivity contribution in [3.8, 4) is 6.07 Å². The number of pyridine rings is 1. The molecule has 0 bridgehead atoms. The number of nitrogens with zero attached hydrogens (tertiary/aromatic N) is 2. The van der Waals surface area contributed by atoms with E-state index in [1.54, 1.807) is 17.5 Å². The molecule has 0 fully saturated rings. The van der Waals surface area contributed by atoms with Crippen LogP contribution in [-0.4, -0.2) is 11.5 Å². The molecule has 2 aromatic rings. The van der Waals surface area contributed by atoms with Crippen molar-refractivity contribution in [3.63, 3.8) is 0 Å². The summed E-state index contributed by atoms with van der Waals surface area (Å²) in [6.07, 6.45) is 2.58. The molecule has 5 heteroatoms. The summed E-state index contributed by atoms with van der Waals surface area (Å²) in [4.78, 5) is 5.41. The van der Waals surface area contributed by atoms with Crippen molar-refractivity contribution in [1.29, 1.82) is 5.26 Å². The number of aromatic nitrogens is 1. The highest BCUT2D eigenvalue weighted by Crippen LogP contribution is 2.22. The van der Waals surface area contributed by atoms with Crippen LogP contribution in [0.15, 0.2) is 24.4 Å². The highest BCUT2D eigenvalue weighted by Gasteiger charge is 2.06. The van der Waals surface area contributed by atoms with Gasteiger partial charge in [-0.05, 0) is 37.1 Å². The van der Waals surface area contributed by atoms with Gasteiger partial charge in [0.15, 0.2) is 0 Å². The van der Waals surface area contributed by atoms with Gasteiger partial charge < -0.3 is 5.32 Å². The summed E-state index contributed by atoms with van der Waals surface area (Å²) in [5.74, 6) is 0.653. The number of thiophene rings is 1. The maximum absolute atomic E-state index is 9.07. The van der Waals surface area contributed by atoms with Crippen LogP contribution >= 0.6 is 22.9 Å². The highest BCUT2D eigenvalue weighted by atomic mass is 35.5. The van der Waals surface area contributed by atoms with Crippen LogP contribution in [0.5, 0.6) is 0 Å². The molecule has 0 saturated carbocycles. The first-order chi connectivity index (χ1) is 8.70. The molecule has 0 amide bonds. The van der Waals surface area contributed by atoms with Gasteiger partial charge in [-0.3, -0.25) is 0 Å². The summed E-state index contributed by atoms with van der Waals surface area (Å²) in [6.45, 7) is 2.65. The van der Waals surface area contributed by atoms with Gasteiger partial charge in [-0.1, -0.05) is 11.6 Å². The molecular weight excluding hydrogens is 266 g/mol. The molecule has 2 heterocycles. The maximum atomic E-state index is 9.07. The number of hydrogen-bond donors (Lipinski definition) is 1. The van der Waals surface area contributed by atoms with E-state index in [0.29, 0.717) is 11.4 Å². The van der Waals surface area contributed by atoms with E-state index in [9.17, 15) is 0 Å². The third-order valence-corrected chi connectivity index (χ3v) is 3.85. The maximum Gasteiger partial charge on any atom is 0.144 e. The first-order valence-corrected chi connectivity index (χ1v) is 6.74.